The molecular weight excluding hydrogens is 332 g/mol. The predicted octanol–water partition coefficient (Wildman–Crippen LogP) is 0.686. The minimum Gasteiger partial charge on any atom is -0.322 e. The zero-order chi connectivity index (χ0) is 15.7. The summed E-state index contributed by atoms with van der Waals surface area (Å²) in [7, 11) is 0. The Labute approximate surface area is 148 Å². The quantitative estimate of drug-likeness (QED) is 0.504. The van der Waals surface area contributed by atoms with Gasteiger partial charge in [0.1, 0.15) is 0 Å². The van der Waals surface area contributed by atoms with Crippen LogP contribution in [0.5, 0.6) is 0 Å². The summed E-state index contributed by atoms with van der Waals surface area (Å²) in [5.41, 5.74) is 6.90. The molecule has 0 spiro atoms. The molecule has 3 fully saturated rings. The molecule has 0 aromatic carbocycles. The summed E-state index contributed by atoms with van der Waals surface area (Å²) < 4.78 is 0. The molecular formula is C15H32N4S3. The molecule has 4 nitrogen and oxygen atoms in total. The largest absolute Gasteiger partial charge is 0.322 e. The molecule has 0 radical (unpaired) electrons. The third kappa shape index (κ3) is 7.20. The molecule has 3 aliphatic heterocycles. The molecule has 2 bridgehead atoms. The van der Waals surface area contributed by atoms with Crippen molar-refractivity contribution in [2.75, 3.05) is 73.8 Å². The molecule has 22 heavy (non-hydrogen) atoms. The molecule has 3 saturated heterocycles. The van der Waals surface area contributed by atoms with Gasteiger partial charge in [0, 0.05) is 79.3 Å². The van der Waals surface area contributed by atoms with Crippen molar-refractivity contribution in [2.24, 2.45) is 11.1 Å². The molecule has 5 N–H and O–H groups in total. The maximum Gasteiger partial charge on any atom is 0.0498 e. The Kier molecular flexibility index (Phi) is 8.75. The van der Waals surface area contributed by atoms with Gasteiger partial charge in [-0.15, -0.1) is 0 Å². The molecule has 0 aromatic rings. The summed E-state index contributed by atoms with van der Waals surface area (Å²) in [5, 5.41) is 10.8. The van der Waals surface area contributed by atoms with Gasteiger partial charge in [-0.05, 0) is 5.41 Å². The monoisotopic (exact) mass is 364 g/mol. The van der Waals surface area contributed by atoms with E-state index in [0.717, 1.165) is 50.8 Å². The van der Waals surface area contributed by atoms with Crippen LogP contribution >= 0.6 is 35.3 Å². The molecule has 0 amide bonds. The Morgan fingerprint density at radius 2 is 1.18 bits per heavy atom. The van der Waals surface area contributed by atoms with Gasteiger partial charge in [0.15, 0.2) is 0 Å². The van der Waals surface area contributed by atoms with E-state index in [4.69, 9.17) is 5.73 Å². The Balaban J connectivity index is 2.03. The highest BCUT2D eigenvalue weighted by molar-refractivity contribution is 8.00. The van der Waals surface area contributed by atoms with Crippen LogP contribution in [0.3, 0.4) is 0 Å². The van der Waals surface area contributed by atoms with E-state index in [1.165, 1.54) is 23.0 Å². The van der Waals surface area contributed by atoms with Crippen LogP contribution in [0.2, 0.25) is 0 Å². The maximum atomic E-state index is 6.64. The van der Waals surface area contributed by atoms with E-state index >= 15 is 0 Å². The number of hydrogen-bond acceptors (Lipinski definition) is 7. The Bertz CT molecular complexity index is 244. The molecule has 3 heterocycles. The smallest absolute Gasteiger partial charge is 0.0498 e. The minimum absolute atomic E-state index is 0.136. The number of thioether (sulfide) groups is 3. The number of nitrogens with two attached hydrogens (primary N) is 1. The first-order chi connectivity index (χ1) is 10.6. The lowest BCUT2D eigenvalue weighted by atomic mass is 9.96. The van der Waals surface area contributed by atoms with Crippen LogP contribution in [0.15, 0.2) is 0 Å². The second kappa shape index (κ2) is 10.0. The lowest BCUT2D eigenvalue weighted by Crippen LogP contribution is -2.58. The van der Waals surface area contributed by atoms with Crippen LogP contribution < -0.4 is 21.7 Å². The second-order valence-corrected chi connectivity index (χ2v) is 10.2. The zero-order valence-electron chi connectivity index (χ0n) is 13.8. The average Bonchev–Trinajstić information content (AvgIpc) is 2.49. The summed E-state index contributed by atoms with van der Waals surface area (Å²) in [6.07, 6.45) is 0. The molecule has 0 atom stereocenters. The van der Waals surface area contributed by atoms with Crippen LogP contribution in [-0.2, 0) is 0 Å². The lowest BCUT2D eigenvalue weighted by molar-refractivity contribution is 0.399. The molecule has 0 aliphatic carbocycles. The standard InChI is InChI=1S/C15H32N4S3/c1-14-8-17-2-7-22-13-15(16,9-18-3-5-20-11-14)10-19-4-6-21-12-14/h17-19H,2-13,16H2,1H3. The number of fused-ring (bicyclic) bond motifs is 15. The van der Waals surface area contributed by atoms with E-state index < -0.39 is 0 Å². The molecule has 7 heteroatoms. The normalized spacial score (nSPS) is 37.4. The van der Waals surface area contributed by atoms with Crippen LogP contribution in [0.1, 0.15) is 6.92 Å². The highest BCUT2D eigenvalue weighted by Crippen LogP contribution is 2.27. The molecule has 3 rings (SSSR count). The third-order valence-electron chi connectivity index (χ3n) is 4.07. The Hall–Kier alpha value is 0.890. The van der Waals surface area contributed by atoms with Crippen molar-refractivity contribution in [1.82, 2.24) is 16.0 Å². The van der Waals surface area contributed by atoms with Crippen molar-refractivity contribution < 1.29 is 0 Å². The molecule has 0 aromatic heterocycles. The van der Waals surface area contributed by atoms with Crippen molar-refractivity contribution >= 4 is 35.3 Å². The highest BCUT2D eigenvalue weighted by atomic mass is 32.2. The van der Waals surface area contributed by atoms with Crippen LogP contribution in [0.25, 0.3) is 0 Å². The number of rotatable bonds is 0. The Morgan fingerprint density at radius 1 is 0.727 bits per heavy atom. The van der Waals surface area contributed by atoms with Crippen molar-refractivity contribution in [2.45, 2.75) is 12.5 Å². The Morgan fingerprint density at radius 3 is 1.73 bits per heavy atom. The van der Waals surface area contributed by atoms with Crippen LogP contribution in [0.4, 0.5) is 0 Å². The molecule has 130 valence electrons. The fourth-order valence-corrected chi connectivity index (χ4v) is 6.15. The third-order valence-corrected chi connectivity index (χ3v) is 8.13. The first-order valence-corrected chi connectivity index (χ1v) is 11.7. The van der Waals surface area contributed by atoms with E-state index in [0.29, 0.717) is 5.41 Å². The fraction of sp³-hybridized carbons (Fsp3) is 1.00. The predicted molar refractivity (Wildman–Crippen MR) is 106 cm³/mol. The average molecular weight is 365 g/mol. The first-order valence-electron chi connectivity index (χ1n) is 8.26. The van der Waals surface area contributed by atoms with E-state index in [9.17, 15) is 0 Å². The molecule has 0 unspecified atom stereocenters. The van der Waals surface area contributed by atoms with Gasteiger partial charge >= 0.3 is 0 Å². The van der Waals surface area contributed by atoms with E-state index in [1.807, 2.05) is 11.8 Å². The van der Waals surface area contributed by atoms with Gasteiger partial charge in [0.2, 0.25) is 0 Å². The van der Waals surface area contributed by atoms with E-state index in [1.54, 1.807) is 0 Å². The van der Waals surface area contributed by atoms with Gasteiger partial charge in [-0.25, -0.2) is 0 Å². The summed E-state index contributed by atoms with van der Waals surface area (Å²) in [4.78, 5) is 0. The van der Waals surface area contributed by atoms with Crippen molar-refractivity contribution in [1.29, 1.82) is 0 Å². The summed E-state index contributed by atoms with van der Waals surface area (Å²) in [6, 6.07) is 0. The fourth-order valence-electron chi connectivity index (χ4n) is 2.72. The summed E-state index contributed by atoms with van der Waals surface area (Å²) in [6.45, 7) is 8.60. The molecule has 0 saturated carbocycles. The number of nitrogens with one attached hydrogen (secondary N) is 3. The van der Waals surface area contributed by atoms with E-state index in [-0.39, 0.29) is 5.54 Å². The highest BCUT2D eigenvalue weighted by Gasteiger charge is 2.27. The molecule has 3 aliphatic rings. The van der Waals surface area contributed by atoms with Crippen molar-refractivity contribution in [3.05, 3.63) is 0 Å². The topological polar surface area (TPSA) is 62.1 Å². The van der Waals surface area contributed by atoms with E-state index in [2.05, 4.69) is 46.4 Å². The summed E-state index contributed by atoms with van der Waals surface area (Å²) >= 11 is 6.16. The van der Waals surface area contributed by atoms with Gasteiger partial charge in [-0.3, -0.25) is 0 Å². The SMILES string of the molecule is CC12CNCCSCC(N)(CNCCSC1)CNCCSC2. The first kappa shape index (κ1) is 19.2. The lowest BCUT2D eigenvalue weighted by Gasteiger charge is -2.33. The van der Waals surface area contributed by atoms with Crippen molar-refractivity contribution in [3.8, 4) is 0 Å². The van der Waals surface area contributed by atoms with Crippen LogP contribution in [-0.4, -0.2) is 79.3 Å². The summed E-state index contributed by atoms with van der Waals surface area (Å²) in [5.74, 6) is 7.00. The number of hydrogen-bond donors (Lipinski definition) is 4. The van der Waals surface area contributed by atoms with Crippen molar-refractivity contribution in [3.63, 3.8) is 0 Å². The second-order valence-electron chi connectivity index (χ2n) is 6.86. The van der Waals surface area contributed by atoms with Gasteiger partial charge < -0.3 is 21.7 Å². The van der Waals surface area contributed by atoms with Gasteiger partial charge in [0.05, 0.1) is 0 Å². The minimum atomic E-state index is -0.136. The van der Waals surface area contributed by atoms with Gasteiger partial charge in [0.25, 0.3) is 0 Å². The van der Waals surface area contributed by atoms with Crippen LogP contribution in [0, 0.1) is 5.41 Å². The van der Waals surface area contributed by atoms with Gasteiger partial charge in [-0.1, -0.05) is 6.92 Å². The van der Waals surface area contributed by atoms with Gasteiger partial charge in [-0.2, -0.15) is 35.3 Å². The zero-order valence-corrected chi connectivity index (χ0v) is 16.2. The maximum absolute atomic E-state index is 6.64.